The largest absolute Gasteiger partial charge is 0.478 e. The lowest BCUT2D eigenvalue weighted by molar-refractivity contribution is 0.0697. The maximum Gasteiger partial charge on any atom is 0.336 e. The Morgan fingerprint density at radius 1 is 0.783 bits per heavy atom. The van der Waals surface area contributed by atoms with Crippen LogP contribution in [0.25, 0.3) is 11.1 Å². The third-order valence-electron chi connectivity index (χ3n) is 3.80. The van der Waals surface area contributed by atoms with Gasteiger partial charge in [0.2, 0.25) is 0 Å². The molecule has 0 saturated heterocycles. The number of hydrogen-bond donors (Lipinski definition) is 2. The lowest BCUT2D eigenvalue weighted by Crippen LogP contribution is -2.07. The number of aromatic carboxylic acids is 1. The standard InChI is InChI=1S/C20H16O3/c21-19(15-10-5-2-6-11-15)16-12-7-13-17(20(22)23)18(16)14-8-3-1-4-9-14/h1-13,19,21H,(H,22,23). The van der Waals surface area contributed by atoms with Crippen molar-refractivity contribution in [3.63, 3.8) is 0 Å². The summed E-state index contributed by atoms with van der Waals surface area (Å²) < 4.78 is 0. The lowest BCUT2D eigenvalue weighted by Gasteiger charge is -2.18. The number of aliphatic hydroxyl groups is 1. The second-order valence-electron chi connectivity index (χ2n) is 5.25. The first-order valence-electron chi connectivity index (χ1n) is 7.33. The van der Waals surface area contributed by atoms with E-state index in [0.29, 0.717) is 11.1 Å². The minimum Gasteiger partial charge on any atom is -0.478 e. The van der Waals surface area contributed by atoms with Gasteiger partial charge in [0.1, 0.15) is 6.10 Å². The SMILES string of the molecule is O=C(O)c1cccc(C(O)c2ccccc2)c1-c1ccccc1. The van der Waals surface area contributed by atoms with Gasteiger partial charge in [0.05, 0.1) is 5.56 Å². The van der Waals surface area contributed by atoms with Gasteiger partial charge in [-0.05, 0) is 22.8 Å². The topological polar surface area (TPSA) is 57.5 Å². The van der Waals surface area contributed by atoms with E-state index < -0.39 is 12.1 Å². The summed E-state index contributed by atoms with van der Waals surface area (Å²) in [4.78, 5) is 11.6. The normalized spacial score (nSPS) is 11.9. The Labute approximate surface area is 134 Å². The summed E-state index contributed by atoms with van der Waals surface area (Å²) in [5.41, 5.74) is 2.82. The average molecular weight is 304 g/mol. The Morgan fingerprint density at radius 2 is 1.39 bits per heavy atom. The molecule has 0 bridgehead atoms. The fraction of sp³-hybridized carbons (Fsp3) is 0.0500. The van der Waals surface area contributed by atoms with Gasteiger partial charge in [-0.2, -0.15) is 0 Å². The van der Waals surface area contributed by atoms with Crippen LogP contribution in [0.3, 0.4) is 0 Å². The summed E-state index contributed by atoms with van der Waals surface area (Å²) in [5.74, 6) is -1.01. The fourth-order valence-corrected chi connectivity index (χ4v) is 2.72. The molecule has 114 valence electrons. The fourth-order valence-electron chi connectivity index (χ4n) is 2.72. The molecule has 2 N–H and O–H groups in total. The summed E-state index contributed by atoms with van der Waals surface area (Å²) in [6.45, 7) is 0. The van der Waals surface area contributed by atoms with Gasteiger partial charge in [-0.3, -0.25) is 0 Å². The zero-order valence-corrected chi connectivity index (χ0v) is 12.4. The second kappa shape index (κ2) is 6.46. The van der Waals surface area contributed by atoms with Crippen LogP contribution < -0.4 is 0 Å². The Hall–Kier alpha value is -2.91. The number of rotatable bonds is 4. The highest BCUT2D eigenvalue weighted by Gasteiger charge is 2.21. The summed E-state index contributed by atoms with van der Waals surface area (Å²) in [5, 5.41) is 20.3. The van der Waals surface area contributed by atoms with Gasteiger partial charge in [0, 0.05) is 5.56 Å². The number of aliphatic hydroxyl groups excluding tert-OH is 1. The van der Waals surface area contributed by atoms with E-state index in [-0.39, 0.29) is 5.56 Å². The zero-order chi connectivity index (χ0) is 16.2. The van der Waals surface area contributed by atoms with Crippen LogP contribution in [0, 0.1) is 0 Å². The highest BCUT2D eigenvalue weighted by molar-refractivity contribution is 5.97. The van der Waals surface area contributed by atoms with Crippen molar-refractivity contribution in [2.24, 2.45) is 0 Å². The average Bonchev–Trinajstić information content (AvgIpc) is 2.62. The predicted molar refractivity (Wildman–Crippen MR) is 89.3 cm³/mol. The molecular weight excluding hydrogens is 288 g/mol. The second-order valence-corrected chi connectivity index (χ2v) is 5.25. The van der Waals surface area contributed by atoms with Crippen LogP contribution in [0.2, 0.25) is 0 Å². The van der Waals surface area contributed by atoms with Crippen LogP contribution in [-0.2, 0) is 0 Å². The van der Waals surface area contributed by atoms with Crippen LogP contribution in [0.1, 0.15) is 27.6 Å². The molecule has 0 aromatic heterocycles. The minimum atomic E-state index is -1.01. The summed E-state index contributed by atoms with van der Waals surface area (Å²) in [6.07, 6.45) is -0.884. The molecule has 0 aliphatic rings. The van der Waals surface area contributed by atoms with Gasteiger partial charge < -0.3 is 10.2 Å². The first-order valence-corrected chi connectivity index (χ1v) is 7.33. The molecule has 0 saturated carbocycles. The van der Waals surface area contributed by atoms with Gasteiger partial charge in [0.15, 0.2) is 0 Å². The molecule has 0 aliphatic carbocycles. The van der Waals surface area contributed by atoms with Gasteiger partial charge in [-0.15, -0.1) is 0 Å². The van der Waals surface area contributed by atoms with E-state index in [9.17, 15) is 15.0 Å². The van der Waals surface area contributed by atoms with Crippen molar-refractivity contribution in [3.05, 3.63) is 95.6 Å². The summed E-state index contributed by atoms with van der Waals surface area (Å²) in [6, 6.07) is 23.5. The lowest BCUT2D eigenvalue weighted by atomic mass is 9.89. The third kappa shape index (κ3) is 3.00. The molecule has 3 aromatic carbocycles. The van der Waals surface area contributed by atoms with Crippen LogP contribution in [-0.4, -0.2) is 16.2 Å². The van der Waals surface area contributed by atoms with Gasteiger partial charge in [-0.1, -0.05) is 72.8 Å². The van der Waals surface area contributed by atoms with E-state index in [1.807, 2.05) is 60.7 Å². The molecule has 0 amide bonds. The van der Waals surface area contributed by atoms with E-state index in [1.165, 1.54) is 0 Å². The molecule has 0 radical (unpaired) electrons. The van der Waals surface area contributed by atoms with Crippen LogP contribution in [0.15, 0.2) is 78.9 Å². The van der Waals surface area contributed by atoms with Crippen molar-refractivity contribution in [2.75, 3.05) is 0 Å². The maximum atomic E-state index is 11.6. The Kier molecular flexibility index (Phi) is 4.22. The third-order valence-corrected chi connectivity index (χ3v) is 3.80. The Morgan fingerprint density at radius 3 is 2.00 bits per heavy atom. The first-order chi connectivity index (χ1) is 11.2. The molecule has 1 atom stereocenters. The predicted octanol–water partition coefficient (Wildman–Crippen LogP) is 4.13. The molecule has 3 aromatic rings. The first kappa shape index (κ1) is 15.0. The summed E-state index contributed by atoms with van der Waals surface area (Å²) in [7, 11) is 0. The number of carboxylic acids is 1. The van der Waals surface area contributed by atoms with Crippen molar-refractivity contribution in [3.8, 4) is 11.1 Å². The van der Waals surface area contributed by atoms with E-state index in [2.05, 4.69) is 0 Å². The molecule has 0 spiro atoms. The van der Waals surface area contributed by atoms with Crippen LogP contribution in [0.4, 0.5) is 0 Å². The van der Waals surface area contributed by atoms with E-state index >= 15 is 0 Å². The molecule has 23 heavy (non-hydrogen) atoms. The highest BCUT2D eigenvalue weighted by atomic mass is 16.4. The van der Waals surface area contributed by atoms with E-state index in [0.717, 1.165) is 11.1 Å². The Balaban J connectivity index is 2.21. The molecule has 3 heteroatoms. The van der Waals surface area contributed by atoms with Gasteiger partial charge in [0.25, 0.3) is 0 Å². The van der Waals surface area contributed by atoms with Crippen LogP contribution in [0.5, 0.6) is 0 Å². The smallest absolute Gasteiger partial charge is 0.336 e. The molecule has 0 aliphatic heterocycles. The molecule has 1 unspecified atom stereocenters. The molecule has 3 nitrogen and oxygen atoms in total. The molecule has 3 rings (SSSR count). The van der Waals surface area contributed by atoms with Gasteiger partial charge >= 0.3 is 5.97 Å². The van der Waals surface area contributed by atoms with Gasteiger partial charge in [-0.25, -0.2) is 4.79 Å². The number of benzene rings is 3. The van der Waals surface area contributed by atoms with Crippen molar-refractivity contribution in [1.29, 1.82) is 0 Å². The van der Waals surface area contributed by atoms with E-state index in [4.69, 9.17) is 0 Å². The number of carboxylic acid groups (broad SMARTS) is 1. The highest BCUT2D eigenvalue weighted by Crippen LogP contribution is 2.34. The molecule has 0 fully saturated rings. The summed E-state index contributed by atoms with van der Waals surface area (Å²) >= 11 is 0. The van der Waals surface area contributed by atoms with E-state index in [1.54, 1.807) is 18.2 Å². The Bertz CT molecular complexity index is 811. The number of hydrogen-bond acceptors (Lipinski definition) is 2. The maximum absolute atomic E-state index is 11.6. The van der Waals surface area contributed by atoms with Crippen molar-refractivity contribution >= 4 is 5.97 Å². The molecule has 0 heterocycles. The van der Waals surface area contributed by atoms with Crippen LogP contribution >= 0.6 is 0 Å². The van der Waals surface area contributed by atoms with Crippen molar-refractivity contribution in [1.82, 2.24) is 0 Å². The zero-order valence-electron chi connectivity index (χ0n) is 12.4. The molecular formula is C20H16O3. The van der Waals surface area contributed by atoms with Crippen molar-refractivity contribution < 1.29 is 15.0 Å². The van der Waals surface area contributed by atoms with Crippen molar-refractivity contribution in [2.45, 2.75) is 6.10 Å². The monoisotopic (exact) mass is 304 g/mol. The minimum absolute atomic E-state index is 0.184. The number of carbonyl (C=O) groups is 1. The quantitative estimate of drug-likeness (QED) is 0.762.